The number of ketones is 1. The fourth-order valence-corrected chi connectivity index (χ4v) is 4.70. The fraction of sp³-hybridized carbons (Fsp3) is 0.192. The Hall–Kier alpha value is -3.37. The van der Waals surface area contributed by atoms with E-state index in [1.165, 1.54) is 12.1 Å². The molecule has 1 aliphatic rings. The van der Waals surface area contributed by atoms with E-state index in [1.807, 2.05) is 42.5 Å². The van der Waals surface area contributed by atoms with Crippen molar-refractivity contribution >= 4 is 29.7 Å². The minimum absolute atomic E-state index is 0.0202. The summed E-state index contributed by atoms with van der Waals surface area (Å²) in [5, 5.41) is 10.4. The predicted molar refractivity (Wildman–Crippen MR) is 123 cm³/mol. The van der Waals surface area contributed by atoms with Crippen LogP contribution >= 0.6 is 11.8 Å². The van der Waals surface area contributed by atoms with Gasteiger partial charge in [0.05, 0.1) is 16.9 Å². The van der Waals surface area contributed by atoms with Crippen LogP contribution in [0.4, 0.5) is 13.2 Å². The van der Waals surface area contributed by atoms with E-state index >= 15 is 0 Å². The highest BCUT2D eigenvalue weighted by Crippen LogP contribution is 2.34. The number of carbonyl (C=O) groups excluding carboxylic acids is 1. The summed E-state index contributed by atoms with van der Waals surface area (Å²) in [4.78, 5) is 17.2. The standard InChI is InChI=1S/C26H19F3N2OS/c27-26(28,29)19-12-10-18(11-13-19)24(32)16-33-25-22(15-30)20(21-7-4-8-23(21)31-25)14-9-17-5-2-1-3-6-17/h1-3,5-6,9-14H,4,7-8,16H2. The van der Waals surface area contributed by atoms with Crippen LogP contribution in [-0.4, -0.2) is 16.5 Å². The fourth-order valence-electron chi connectivity index (χ4n) is 3.79. The zero-order chi connectivity index (χ0) is 23.4. The summed E-state index contributed by atoms with van der Waals surface area (Å²) in [6, 6.07) is 16.2. The number of aromatic nitrogens is 1. The van der Waals surface area contributed by atoms with E-state index in [4.69, 9.17) is 0 Å². The molecular formula is C26H19F3N2OS. The molecular weight excluding hydrogens is 445 g/mol. The maximum Gasteiger partial charge on any atom is 0.416 e. The van der Waals surface area contributed by atoms with Crippen molar-refractivity contribution in [1.82, 2.24) is 4.98 Å². The molecule has 0 unspecified atom stereocenters. The lowest BCUT2D eigenvalue weighted by molar-refractivity contribution is -0.137. The van der Waals surface area contributed by atoms with Crippen molar-refractivity contribution in [3.63, 3.8) is 0 Å². The second-order valence-corrected chi connectivity index (χ2v) is 8.59. The summed E-state index contributed by atoms with van der Waals surface area (Å²) in [6.07, 6.45) is 2.06. The van der Waals surface area contributed by atoms with Gasteiger partial charge in [0.2, 0.25) is 0 Å². The van der Waals surface area contributed by atoms with Gasteiger partial charge in [-0.25, -0.2) is 4.98 Å². The number of rotatable bonds is 6. The SMILES string of the molecule is N#Cc1c(SCC(=O)c2ccc(C(F)(F)F)cc2)nc2c(c1C=Cc1ccccc1)CCC2. The molecule has 0 fully saturated rings. The minimum Gasteiger partial charge on any atom is -0.293 e. The molecule has 1 aromatic heterocycles. The van der Waals surface area contributed by atoms with Crippen LogP contribution in [0, 0.1) is 11.3 Å². The van der Waals surface area contributed by atoms with Crippen molar-refractivity contribution in [3.05, 3.63) is 93.7 Å². The third-order valence-corrected chi connectivity index (χ3v) is 6.44. The lowest BCUT2D eigenvalue weighted by Gasteiger charge is -2.12. The van der Waals surface area contributed by atoms with Crippen molar-refractivity contribution < 1.29 is 18.0 Å². The molecule has 3 nitrogen and oxygen atoms in total. The lowest BCUT2D eigenvalue weighted by atomic mass is 10.0. The Balaban J connectivity index is 1.59. The smallest absolute Gasteiger partial charge is 0.293 e. The monoisotopic (exact) mass is 464 g/mol. The van der Waals surface area contributed by atoms with Crippen LogP contribution in [0.25, 0.3) is 12.2 Å². The molecule has 1 heterocycles. The molecule has 0 spiro atoms. The average molecular weight is 465 g/mol. The molecule has 0 atom stereocenters. The molecule has 7 heteroatoms. The summed E-state index contributed by atoms with van der Waals surface area (Å²) in [5.41, 5.74) is 3.66. The lowest BCUT2D eigenvalue weighted by Crippen LogP contribution is -2.08. The summed E-state index contributed by atoms with van der Waals surface area (Å²) in [7, 11) is 0. The first-order valence-electron chi connectivity index (χ1n) is 10.4. The Kier molecular flexibility index (Phi) is 6.66. The summed E-state index contributed by atoms with van der Waals surface area (Å²) in [5.74, 6) is -0.338. The first-order valence-corrected chi connectivity index (χ1v) is 11.4. The second kappa shape index (κ2) is 9.63. The molecule has 0 N–H and O–H groups in total. The molecule has 0 saturated heterocycles. The van der Waals surface area contributed by atoms with Gasteiger partial charge in [-0.1, -0.05) is 66.4 Å². The number of aryl methyl sites for hydroxylation is 1. The number of fused-ring (bicyclic) bond motifs is 1. The van der Waals surface area contributed by atoms with Crippen LogP contribution < -0.4 is 0 Å². The zero-order valence-electron chi connectivity index (χ0n) is 17.5. The van der Waals surface area contributed by atoms with E-state index in [9.17, 15) is 23.2 Å². The molecule has 166 valence electrons. The number of thioether (sulfide) groups is 1. The van der Waals surface area contributed by atoms with Crippen LogP contribution in [0.15, 0.2) is 59.6 Å². The molecule has 0 amide bonds. The number of nitriles is 1. The Morgan fingerprint density at radius 3 is 2.45 bits per heavy atom. The zero-order valence-corrected chi connectivity index (χ0v) is 18.3. The Morgan fingerprint density at radius 2 is 1.79 bits per heavy atom. The van der Waals surface area contributed by atoms with Gasteiger partial charge in [-0.3, -0.25) is 4.79 Å². The molecule has 0 aliphatic heterocycles. The maximum absolute atomic E-state index is 12.8. The Bertz CT molecular complexity index is 1240. The molecule has 1 aliphatic carbocycles. The molecule has 0 saturated carbocycles. The van der Waals surface area contributed by atoms with E-state index in [0.29, 0.717) is 10.6 Å². The second-order valence-electron chi connectivity index (χ2n) is 7.63. The number of benzene rings is 2. The minimum atomic E-state index is -4.45. The third kappa shape index (κ3) is 5.18. The van der Waals surface area contributed by atoms with Gasteiger partial charge in [-0.2, -0.15) is 18.4 Å². The highest BCUT2D eigenvalue weighted by atomic mass is 32.2. The summed E-state index contributed by atoms with van der Waals surface area (Å²) >= 11 is 1.15. The normalized spacial score (nSPS) is 13.2. The number of nitrogens with zero attached hydrogens (tertiary/aromatic N) is 2. The molecule has 0 radical (unpaired) electrons. The van der Waals surface area contributed by atoms with Crippen LogP contribution in [0.5, 0.6) is 0 Å². The van der Waals surface area contributed by atoms with Crippen molar-refractivity contribution in [2.45, 2.75) is 30.5 Å². The van der Waals surface area contributed by atoms with Gasteiger partial charge in [-0.05, 0) is 48.1 Å². The Morgan fingerprint density at radius 1 is 1.06 bits per heavy atom. The number of carbonyl (C=O) groups is 1. The van der Waals surface area contributed by atoms with E-state index in [2.05, 4.69) is 11.1 Å². The molecule has 0 bridgehead atoms. The molecule has 33 heavy (non-hydrogen) atoms. The highest BCUT2D eigenvalue weighted by Gasteiger charge is 2.30. The number of pyridine rings is 1. The van der Waals surface area contributed by atoms with Gasteiger partial charge < -0.3 is 0 Å². The maximum atomic E-state index is 12.8. The van der Waals surface area contributed by atoms with Crippen LogP contribution in [-0.2, 0) is 19.0 Å². The van der Waals surface area contributed by atoms with Gasteiger partial charge in [0.1, 0.15) is 11.1 Å². The number of halogens is 3. The van der Waals surface area contributed by atoms with Gasteiger partial charge in [0.15, 0.2) is 5.78 Å². The van der Waals surface area contributed by atoms with E-state index in [0.717, 1.165) is 65.5 Å². The van der Waals surface area contributed by atoms with Gasteiger partial charge in [0.25, 0.3) is 0 Å². The van der Waals surface area contributed by atoms with E-state index in [1.54, 1.807) is 0 Å². The molecule has 3 aromatic rings. The molecule has 2 aromatic carbocycles. The molecule has 4 rings (SSSR count). The summed E-state index contributed by atoms with van der Waals surface area (Å²) in [6.45, 7) is 0. The van der Waals surface area contributed by atoms with Crippen molar-refractivity contribution in [3.8, 4) is 6.07 Å². The van der Waals surface area contributed by atoms with Crippen LogP contribution in [0.2, 0.25) is 0 Å². The van der Waals surface area contributed by atoms with Crippen LogP contribution in [0.1, 0.15) is 50.3 Å². The van der Waals surface area contributed by atoms with Crippen LogP contribution in [0.3, 0.4) is 0 Å². The van der Waals surface area contributed by atoms with Crippen molar-refractivity contribution in [1.29, 1.82) is 5.26 Å². The number of hydrogen-bond donors (Lipinski definition) is 0. The number of Topliss-reactive ketones (excluding diaryl/α,β-unsaturated/α-hetero) is 1. The quantitative estimate of drug-likeness (QED) is 0.304. The summed E-state index contributed by atoms with van der Waals surface area (Å²) < 4.78 is 38.3. The largest absolute Gasteiger partial charge is 0.416 e. The van der Waals surface area contributed by atoms with Gasteiger partial charge >= 0.3 is 6.18 Å². The van der Waals surface area contributed by atoms with Crippen molar-refractivity contribution in [2.75, 3.05) is 5.75 Å². The Labute approximate surface area is 194 Å². The highest BCUT2D eigenvalue weighted by molar-refractivity contribution is 8.00. The third-order valence-electron chi connectivity index (χ3n) is 5.46. The number of hydrogen-bond acceptors (Lipinski definition) is 4. The predicted octanol–water partition coefficient (Wildman–Crippen LogP) is 6.61. The average Bonchev–Trinajstić information content (AvgIpc) is 3.29. The topological polar surface area (TPSA) is 53.8 Å². The van der Waals surface area contributed by atoms with Crippen molar-refractivity contribution in [2.24, 2.45) is 0 Å². The van der Waals surface area contributed by atoms with E-state index < -0.39 is 11.7 Å². The van der Waals surface area contributed by atoms with Gasteiger partial charge in [-0.15, -0.1) is 0 Å². The van der Waals surface area contributed by atoms with Gasteiger partial charge in [0, 0.05) is 11.3 Å². The first kappa shape index (κ1) is 22.8. The number of alkyl halides is 3. The van der Waals surface area contributed by atoms with E-state index in [-0.39, 0.29) is 17.1 Å². The first-order chi connectivity index (χ1) is 15.9.